The molecule has 2 aromatic carbocycles. The zero-order valence-electron chi connectivity index (χ0n) is 17.6. The van der Waals surface area contributed by atoms with Crippen LogP contribution in [0.15, 0.2) is 67.3 Å². The number of aromatic nitrogens is 2. The summed E-state index contributed by atoms with van der Waals surface area (Å²) >= 11 is 0. The lowest BCUT2D eigenvalue weighted by atomic mass is 9.89. The Morgan fingerprint density at radius 1 is 1.10 bits per heavy atom. The maximum Gasteiger partial charge on any atom is 0.272 e. The van der Waals surface area contributed by atoms with E-state index >= 15 is 0 Å². The number of allylic oxidation sites excluding steroid dienone is 1. The molecular formula is C25H28N4O2. The van der Waals surface area contributed by atoms with Gasteiger partial charge in [-0.1, -0.05) is 54.6 Å². The predicted molar refractivity (Wildman–Crippen MR) is 121 cm³/mol. The number of nitrogens with zero attached hydrogens (tertiary/aromatic N) is 3. The Morgan fingerprint density at radius 2 is 1.81 bits per heavy atom. The van der Waals surface area contributed by atoms with Crippen LogP contribution in [0, 0.1) is 0 Å². The Balaban J connectivity index is 1.31. The van der Waals surface area contributed by atoms with Crippen molar-refractivity contribution in [3.05, 3.63) is 78.5 Å². The number of fused-ring (bicyclic) bond motifs is 3. The number of rotatable bonds is 6. The van der Waals surface area contributed by atoms with Gasteiger partial charge in [-0.15, -0.1) is 6.58 Å². The summed E-state index contributed by atoms with van der Waals surface area (Å²) in [7, 11) is 0. The summed E-state index contributed by atoms with van der Waals surface area (Å²) in [5.74, 6) is -0.0977. The van der Waals surface area contributed by atoms with E-state index in [-0.39, 0.29) is 11.9 Å². The van der Waals surface area contributed by atoms with Crippen molar-refractivity contribution >= 4 is 16.8 Å². The molecule has 160 valence electrons. The number of nitrogens with one attached hydrogen (secondary N) is 1. The molecule has 0 unspecified atom stereocenters. The lowest BCUT2D eigenvalue weighted by Gasteiger charge is -2.48. The van der Waals surface area contributed by atoms with Crippen LogP contribution >= 0.6 is 0 Å². The van der Waals surface area contributed by atoms with E-state index in [4.69, 9.17) is 4.74 Å². The third-order valence-electron chi connectivity index (χ3n) is 6.39. The molecule has 3 atom stereocenters. The molecule has 2 bridgehead atoms. The largest absolute Gasteiger partial charge is 0.378 e. The minimum absolute atomic E-state index is 0.0977. The van der Waals surface area contributed by atoms with E-state index in [1.807, 2.05) is 28.9 Å². The topological polar surface area (TPSA) is 59.4 Å². The van der Waals surface area contributed by atoms with Crippen molar-refractivity contribution in [2.45, 2.75) is 44.1 Å². The molecular weight excluding hydrogens is 388 g/mol. The van der Waals surface area contributed by atoms with Gasteiger partial charge in [0, 0.05) is 30.1 Å². The number of para-hydroxylation sites is 1. The summed E-state index contributed by atoms with van der Waals surface area (Å²) in [6.45, 7) is 6.74. The van der Waals surface area contributed by atoms with E-state index in [2.05, 4.69) is 52.2 Å². The van der Waals surface area contributed by atoms with Gasteiger partial charge in [-0.3, -0.25) is 14.4 Å². The van der Waals surface area contributed by atoms with Crippen molar-refractivity contribution in [1.29, 1.82) is 0 Å². The smallest absolute Gasteiger partial charge is 0.272 e. The van der Waals surface area contributed by atoms with Crippen molar-refractivity contribution in [3.63, 3.8) is 0 Å². The lowest BCUT2D eigenvalue weighted by molar-refractivity contribution is -0.0843. The molecule has 6 heteroatoms. The van der Waals surface area contributed by atoms with Gasteiger partial charge < -0.3 is 10.1 Å². The first-order valence-electron chi connectivity index (χ1n) is 11.0. The average molecular weight is 417 g/mol. The van der Waals surface area contributed by atoms with Crippen molar-refractivity contribution in [3.8, 4) is 0 Å². The molecule has 6 nitrogen and oxygen atoms in total. The minimum Gasteiger partial charge on any atom is -0.378 e. The van der Waals surface area contributed by atoms with Crippen LogP contribution in [0.25, 0.3) is 10.9 Å². The molecule has 0 saturated carbocycles. The second-order valence-electron chi connectivity index (χ2n) is 8.48. The average Bonchev–Trinajstić information content (AvgIpc) is 3.14. The Hall–Kier alpha value is -2.96. The monoisotopic (exact) mass is 416 g/mol. The van der Waals surface area contributed by atoms with Crippen molar-refractivity contribution in [2.24, 2.45) is 0 Å². The van der Waals surface area contributed by atoms with E-state index in [0.717, 1.165) is 30.3 Å². The van der Waals surface area contributed by atoms with Gasteiger partial charge in [0.15, 0.2) is 5.69 Å². The maximum atomic E-state index is 13.2. The Labute approximate surface area is 182 Å². The van der Waals surface area contributed by atoms with Crippen LogP contribution in [0.5, 0.6) is 0 Å². The highest BCUT2D eigenvalue weighted by Crippen LogP contribution is 2.30. The molecule has 0 spiro atoms. The number of hydrogen-bond donors (Lipinski definition) is 1. The highest BCUT2D eigenvalue weighted by atomic mass is 16.5. The van der Waals surface area contributed by atoms with Gasteiger partial charge in [-0.25, -0.2) is 0 Å². The first-order chi connectivity index (χ1) is 15.2. The van der Waals surface area contributed by atoms with Crippen LogP contribution in [-0.4, -0.2) is 51.9 Å². The number of piperidine rings is 1. The number of hydrogen-bond acceptors (Lipinski definition) is 4. The molecule has 0 aliphatic carbocycles. The summed E-state index contributed by atoms with van der Waals surface area (Å²) in [4.78, 5) is 15.7. The Bertz CT molecular complexity index is 1060. The molecule has 2 saturated heterocycles. The quantitative estimate of drug-likeness (QED) is 0.626. The lowest BCUT2D eigenvalue weighted by Crippen LogP contribution is -2.60. The molecule has 2 aliphatic heterocycles. The molecule has 0 radical (unpaired) electrons. The Morgan fingerprint density at radius 3 is 2.55 bits per heavy atom. The summed E-state index contributed by atoms with van der Waals surface area (Å²) in [5.41, 5.74) is 2.77. The van der Waals surface area contributed by atoms with E-state index in [0.29, 0.717) is 37.5 Å². The SMILES string of the molecule is C=CCn1nc(C(=O)N[C@H]2C[C@H]3COC[C@@H](C2)N3Cc2ccccc2)c2ccccc21. The third-order valence-corrected chi connectivity index (χ3v) is 6.39. The van der Waals surface area contributed by atoms with Gasteiger partial charge in [-0.2, -0.15) is 5.10 Å². The molecule has 1 N–H and O–H groups in total. The summed E-state index contributed by atoms with van der Waals surface area (Å²) in [6, 6.07) is 19.2. The van der Waals surface area contributed by atoms with Gasteiger partial charge in [0.1, 0.15) is 0 Å². The van der Waals surface area contributed by atoms with E-state index in [1.165, 1.54) is 5.56 Å². The molecule has 5 rings (SSSR count). The summed E-state index contributed by atoms with van der Waals surface area (Å²) in [5, 5.41) is 8.74. The number of morpholine rings is 1. The number of carbonyl (C=O) groups is 1. The third kappa shape index (κ3) is 4.01. The number of benzene rings is 2. The van der Waals surface area contributed by atoms with E-state index in [9.17, 15) is 4.79 Å². The van der Waals surface area contributed by atoms with Gasteiger partial charge in [0.2, 0.25) is 0 Å². The second kappa shape index (κ2) is 8.65. The number of ether oxygens (including phenoxy) is 1. The summed E-state index contributed by atoms with van der Waals surface area (Å²) < 4.78 is 7.69. The molecule has 31 heavy (non-hydrogen) atoms. The second-order valence-corrected chi connectivity index (χ2v) is 8.48. The highest BCUT2D eigenvalue weighted by molar-refractivity contribution is 6.05. The van der Waals surface area contributed by atoms with Crippen LogP contribution in [0.3, 0.4) is 0 Å². The zero-order chi connectivity index (χ0) is 21.2. The van der Waals surface area contributed by atoms with Gasteiger partial charge in [-0.05, 0) is 24.5 Å². The first-order valence-corrected chi connectivity index (χ1v) is 11.0. The number of amides is 1. The van der Waals surface area contributed by atoms with Gasteiger partial charge in [0.25, 0.3) is 5.91 Å². The minimum atomic E-state index is -0.0977. The fourth-order valence-electron chi connectivity index (χ4n) is 4.97. The van der Waals surface area contributed by atoms with E-state index in [1.54, 1.807) is 6.08 Å². The fourth-order valence-corrected chi connectivity index (χ4v) is 4.97. The van der Waals surface area contributed by atoms with E-state index < -0.39 is 0 Å². The maximum absolute atomic E-state index is 13.2. The molecule has 2 aliphatic rings. The zero-order valence-corrected chi connectivity index (χ0v) is 17.6. The van der Waals surface area contributed by atoms with Gasteiger partial charge >= 0.3 is 0 Å². The number of carbonyl (C=O) groups excluding carboxylic acids is 1. The molecule has 3 heterocycles. The highest BCUT2D eigenvalue weighted by Gasteiger charge is 2.39. The predicted octanol–water partition coefficient (Wildman–Crippen LogP) is 3.38. The Kier molecular flexibility index (Phi) is 5.57. The van der Waals surface area contributed by atoms with Gasteiger partial charge in [0.05, 0.1) is 25.3 Å². The van der Waals surface area contributed by atoms with Crippen LogP contribution in [-0.2, 0) is 17.8 Å². The van der Waals surface area contributed by atoms with Crippen molar-refractivity contribution in [1.82, 2.24) is 20.0 Å². The standard InChI is InChI=1S/C25H28N4O2/c1-2-12-29-23-11-7-6-10-22(23)24(27-29)25(30)26-19-13-20-16-31-17-21(14-19)28(20)15-18-8-4-3-5-9-18/h2-11,19-21H,1,12-17H2,(H,26,30)/t19-,20-,21+. The normalized spacial score (nSPS) is 23.5. The molecule has 3 aromatic rings. The van der Waals surface area contributed by atoms with Crippen LogP contribution in [0.4, 0.5) is 0 Å². The van der Waals surface area contributed by atoms with Crippen molar-refractivity contribution < 1.29 is 9.53 Å². The fraction of sp³-hybridized carbons (Fsp3) is 0.360. The van der Waals surface area contributed by atoms with Crippen LogP contribution < -0.4 is 5.32 Å². The van der Waals surface area contributed by atoms with Crippen LogP contribution in [0.2, 0.25) is 0 Å². The summed E-state index contributed by atoms with van der Waals surface area (Å²) in [6.07, 6.45) is 3.57. The first kappa shape index (κ1) is 20.0. The molecule has 2 fully saturated rings. The van der Waals surface area contributed by atoms with Crippen molar-refractivity contribution in [2.75, 3.05) is 13.2 Å². The molecule has 1 amide bonds. The molecule has 1 aromatic heterocycles. The van der Waals surface area contributed by atoms with Crippen LogP contribution in [0.1, 0.15) is 28.9 Å².